The number of ketones is 1. The average Bonchev–Trinajstić information content (AvgIpc) is 3.31. The van der Waals surface area contributed by atoms with Crippen LogP contribution in [0.25, 0.3) is 0 Å². The minimum absolute atomic E-state index is 0.00207. The van der Waals surface area contributed by atoms with Gasteiger partial charge in [0.2, 0.25) is 5.91 Å². The number of Topliss-reactive ketones (excluding diaryl/α,β-unsaturated/α-hetero) is 1. The largest absolute Gasteiger partial charge is 0.368 e. The van der Waals surface area contributed by atoms with Gasteiger partial charge in [0.05, 0.1) is 0 Å². The summed E-state index contributed by atoms with van der Waals surface area (Å²) in [6.07, 6.45) is 0.0977. The number of aromatic nitrogens is 2. The van der Waals surface area contributed by atoms with E-state index in [0.29, 0.717) is 31.6 Å². The van der Waals surface area contributed by atoms with Crippen LogP contribution in [0.15, 0.2) is 18.2 Å². The van der Waals surface area contributed by atoms with Crippen molar-refractivity contribution in [3.8, 4) is 0 Å². The lowest BCUT2D eigenvalue weighted by molar-refractivity contribution is -0.132. The smallest absolute Gasteiger partial charge is 0.244 e. The van der Waals surface area contributed by atoms with Crippen molar-refractivity contribution in [3.05, 3.63) is 46.3 Å². The molecule has 2 aromatic rings. The van der Waals surface area contributed by atoms with Gasteiger partial charge in [-0.3, -0.25) is 14.3 Å². The summed E-state index contributed by atoms with van der Waals surface area (Å²) < 4.78 is 15.5. The summed E-state index contributed by atoms with van der Waals surface area (Å²) in [7, 11) is 0. The van der Waals surface area contributed by atoms with Crippen molar-refractivity contribution in [1.82, 2.24) is 14.7 Å². The second-order valence-corrected chi connectivity index (χ2v) is 8.92. The molecule has 7 heteroatoms. The zero-order valence-electron chi connectivity index (χ0n) is 18.8. The van der Waals surface area contributed by atoms with E-state index >= 15 is 0 Å². The average molecular weight is 427 g/mol. The number of nitrogens with zero attached hydrogens (tertiary/aromatic N) is 4. The van der Waals surface area contributed by atoms with Gasteiger partial charge in [-0.05, 0) is 56.7 Å². The minimum Gasteiger partial charge on any atom is -0.368 e. The highest BCUT2D eigenvalue weighted by molar-refractivity contribution is 5.94. The van der Waals surface area contributed by atoms with E-state index in [2.05, 4.69) is 42.0 Å². The van der Waals surface area contributed by atoms with Crippen LogP contribution in [0.5, 0.6) is 0 Å². The number of anilines is 1. The zero-order valence-corrected chi connectivity index (χ0v) is 18.8. The van der Waals surface area contributed by atoms with Crippen molar-refractivity contribution in [2.75, 3.05) is 31.1 Å². The predicted octanol–water partition coefficient (Wildman–Crippen LogP) is 3.12. The standard InChI is InChI=1S/C24H31FN4O2/c1-15-6-5-7-21(16(15)2)27-8-10-28(11-9-27)23(31)14-29-22-13-19(17(3)25)12-20(22)24(26-29)18(4)30/h5-7,17,19H,8-14H2,1-4H3. The highest BCUT2D eigenvalue weighted by Crippen LogP contribution is 2.33. The van der Waals surface area contributed by atoms with E-state index in [0.717, 1.165) is 24.3 Å². The third-order valence-corrected chi connectivity index (χ3v) is 6.91. The molecule has 2 unspecified atom stereocenters. The Labute approximate surface area is 183 Å². The Bertz CT molecular complexity index is 1010. The van der Waals surface area contributed by atoms with E-state index in [9.17, 15) is 14.0 Å². The van der Waals surface area contributed by atoms with E-state index in [4.69, 9.17) is 0 Å². The molecule has 0 radical (unpaired) electrons. The van der Waals surface area contributed by atoms with Gasteiger partial charge in [-0.15, -0.1) is 0 Å². The van der Waals surface area contributed by atoms with Gasteiger partial charge in [-0.25, -0.2) is 4.39 Å². The number of rotatable bonds is 5. The first-order valence-electron chi connectivity index (χ1n) is 11.1. The summed E-state index contributed by atoms with van der Waals surface area (Å²) in [4.78, 5) is 29.2. The van der Waals surface area contributed by atoms with Crippen LogP contribution in [0.1, 0.15) is 46.7 Å². The minimum atomic E-state index is -0.950. The number of aryl methyl sites for hydroxylation is 1. The highest BCUT2D eigenvalue weighted by Gasteiger charge is 2.34. The van der Waals surface area contributed by atoms with Crippen LogP contribution in [0.3, 0.4) is 0 Å². The Morgan fingerprint density at radius 1 is 1.16 bits per heavy atom. The number of carbonyl (C=O) groups is 2. The van der Waals surface area contributed by atoms with Gasteiger partial charge >= 0.3 is 0 Å². The maximum atomic E-state index is 13.9. The Kier molecular flexibility index (Phi) is 5.86. The van der Waals surface area contributed by atoms with Gasteiger partial charge in [0.15, 0.2) is 5.78 Å². The van der Waals surface area contributed by atoms with Crippen molar-refractivity contribution < 1.29 is 14.0 Å². The lowest BCUT2D eigenvalue weighted by Gasteiger charge is -2.37. The molecule has 1 fully saturated rings. The number of alkyl halides is 1. The first kappa shape index (κ1) is 21.5. The molecule has 2 atom stereocenters. The van der Waals surface area contributed by atoms with Crippen LogP contribution in [0.4, 0.5) is 10.1 Å². The maximum Gasteiger partial charge on any atom is 0.244 e. The van der Waals surface area contributed by atoms with Gasteiger partial charge < -0.3 is 9.80 Å². The van der Waals surface area contributed by atoms with E-state index in [1.54, 1.807) is 11.6 Å². The summed E-state index contributed by atoms with van der Waals surface area (Å²) in [5, 5.41) is 4.43. The highest BCUT2D eigenvalue weighted by atomic mass is 19.1. The number of benzene rings is 1. The molecule has 0 N–H and O–H groups in total. The Morgan fingerprint density at radius 2 is 1.87 bits per heavy atom. The van der Waals surface area contributed by atoms with Crippen LogP contribution >= 0.6 is 0 Å². The summed E-state index contributed by atoms with van der Waals surface area (Å²) in [6, 6.07) is 6.33. The van der Waals surface area contributed by atoms with Crippen LogP contribution in [0, 0.1) is 19.8 Å². The van der Waals surface area contributed by atoms with E-state index < -0.39 is 6.17 Å². The monoisotopic (exact) mass is 426 g/mol. The van der Waals surface area contributed by atoms with Crippen LogP contribution in [0.2, 0.25) is 0 Å². The molecule has 2 aliphatic rings. The number of amides is 1. The summed E-state index contributed by atoms with van der Waals surface area (Å²) in [6.45, 7) is 10.3. The lowest BCUT2D eigenvalue weighted by atomic mass is 10.0. The summed E-state index contributed by atoms with van der Waals surface area (Å²) in [5.41, 5.74) is 5.85. The molecule has 1 aromatic carbocycles. The SMILES string of the molecule is CC(=O)c1nn(CC(=O)N2CCN(c3cccc(C)c3C)CC2)c2c1CC(C(C)F)C2. The number of hydrogen-bond acceptors (Lipinski definition) is 4. The van der Waals surface area contributed by atoms with Gasteiger partial charge in [-0.1, -0.05) is 12.1 Å². The topological polar surface area (TPSA) is 58.4 Å². The molecule has 1 aliphatic carbocycles. The molecule has 4 rings (SSSR count). The summed E-state index contributed by atoms with van der Waals surface area (Å²) >= 11 is 0. The van der Waals surface area contributed by atoms with Crippen LogP contribution < -0.4 is 4.90 Å². The second kappa shape index (κ2) is 8.44. The van der Waals surface area contributed by atoms with Crippen molar-refractivity contribution in [2.24, 2.45) is 5.92 Å². The number of piperazine rings is 1. The molecule has 1 aromatic heterocycles. The molecule has 6 nitrogen and oxygen atoms in total. The number of hydrogen-bond donors (Lipinski definition) is 0. The first-order chi connectivity index (χ1) is 14.8. The summed E-state index contributed by atoms with van der Waals surface area (Å²) in [5.74, 6) is -0.275. The van der Waals surface area contributed by atoms with Gasteiger partial charge in [0.1, 0.15) is 18.4 Å². The van der Waals surface area contributed by atoms with Gasteiger partial charge in [-0.2, -0.15) is 5.10 Å². The second-order valence-electron chi connectivity index (χ2n) is 8.92. The molecule has 1 amide bonds. The molecule has 0 spiro atoms. The lowest BCUT2D eigenvalue weighted by Crippen LogP contribution is -2.50. The van der Waals surface area contributed by atoms with Crippen LogP contribution in [-0.4, -0.2) is 58.7 Å². The Hall–Kier alpha value is -2.70. The molecule has 31 heavy (non-hydrogen) atoms. The van der Waals surface area contributed by atoms with Gasteiger partial charge in [0.25, 0.3) is 0 Å². The first-order valence-corrected chi connectivity index (χ1v) is 11.1. The van der Waals surface area contributed by atoms with Crippen molar-refractivity contribution >= 4 is 17.4 Å². The van der Waals surface area contributed by atoms with E-state index in [-0.39, 0.29) is 24.2 Å². The fourth-order valence-electron chi connectivity index (χ4n) is 4.80. The van der Waals surface area contributed by atoms with Crippen molar-refractivity contribution in [2.45, 2.75) is 53.3 Å². The fraction of sp³-hybridized carbons (Fsp3) is 0.542. The normalized spacial score (nSPS) is 19.5. The van der Waals surface area contributed by atoms with Gasteiger partial charge in [0, 0.05) is 50.0 Å². The molecule has 166 valence electrons. The molecule has 2 heterocycles. The molecular weight excluding hydrogens is 395 g/mol. The zero-order chi connectivity index (χ0) is 22.3. The number of carbonyl (C=O) groups excluding carboxylic acids is 2. The number of halogens is 1. The van der Waals surface area contributed by atoms with Crippen molar-refractivity contribution in [3.63, 3.8) is 0 Å². The third-order valence-electron chi connectivity index (χ3n) is 6.91. The quantitative estimate of drug-likeness (QED) is 0.690. The molecule has 1 saturated heterocycles. The Morgan fingerprint density at radius 3 is 2.52 bits per heavy atom. The van der Waals surface area contributed by atoms with Crippen molar-refractivity contribution in [1.29, 1.82) is 0 Å². The van der Waals surface area contributed by atoms with Crippen LogP contribution in [-0.2, 0) is 24.2 Å². The molecule has 0 saturated carbocycles. The van der Waals surface area contributed by atoms with E-state index in [1.165, 1.54) is 23.7 Å². The van der Waals surface area contributed by atoms with E-state index in [1.807, 2.05) is 4.90 Å². The predicted molar refractivity (Wildman–Crippen MR) is 118 cm³/mol. The Balaban J connectivity index is 1.44. The molecule has 0 bridgehead atoms. The third kappa shape index (κ3) is 4.10. The number of fused-ring (bicyclic) bond motifs is 1. The molecular formula is C24H31FN4O2. The fourth-order valence-corrected chi connectivity index (χ4v) is 4.80. The molecule has 1 aliphatic heterocycles. The maximum absolute atomic E-state index is 13.9.